The Morgan fingerprint density at radius 2 is 2.21 bits per heavy atom. The van der Waals surface area contributed by atoms with Crippen LogP contribution in [-0.2, 0) is 11.3 Å². The Morgan fingerprint density at radius 3 is 2.96 bits per heavy atom. The second-order valence-electron chi connectivity index (χ2n) is 5.85. The van der Waals surface area contributed by atoms with Crippen LogP contribution in [0.4, 0.5) is 0 Å². The van der Waals surface area contributed by atoms with Crippen molar-refractivity contribution in [3.63, 3.8) is 0 Å². The number of hydrogen-bond donors (Lipinski definition) is 1. The van der Waals surface area contributed by atoms with E-state index in [1.54, 1.807) is 4.68 Å². The number of nitrogens with zero attached hydrogens (tertiary/aromatic N) is 5. The maximum Gasteiger partial charge on any atom is 0.175 e. The first kappa shape index (κ1) is 15.2. The normalized spacial score (nSPS) is 13.7. The Morgan fingerprint density at radius 1 is 1.42 bits per heavy atom. The van der Waals surface area contributed by atoms with Gasteiger partial charge in [0.2, 0.25) is 0 Å². The molecule has 0 saturated heterocycles. The fraction of sp³-hybridized carbons (Fsp3) is 0.250. The molecule has 3 aromatic rings. The predicted molar refractivity (Wildman–Crippen MR) is 91.7 cm³/mol. The van der Waals surface area contributed by atoms with Crippen LogP contribution in [0.3, 0.4) is 0 Å². The standard InChI is InChI=1S/C16H15BrN6O/c1-8-13-6-23-16(20-15(21-23)14(18)9(2)24)11-5-10(17)3-4-12(11)22(13)7-19-8/h3-5,7,14H,6,18H2,1-2H3. The van der Waals surface area contributed by atoms with Crippen molar-refractivity contribution in [2.75, 3.05) is 0 Å². The zero-order chi connectivity index (χ0) is 17.0. The first-order valence-electron chi connectivity index (χ1n) is 7.49. The third kappa shape index (κ3) is 2.22. The summed E-state index contributed by atoms with van der Waals surface area (Å²) in [5.41, 5.74) is 9.78. The highest BCUT2D eigenvalue weighted by atomic mass is 79.9. The van der Waals surface area contributed by atoms with Crippen LogP contribution in [-0.4, -0.2) is 30.1 Å². The summed E-state index contributed by atoms with van der Waals surface area (Å²) in [4.78, 5) is 20.6. The van der Waals surface area contributed by atoms with Gasteiger partial charge < -0.3 is 10.3 Å². The van der Waals surface area contributed by atoms with Crippen LogP contribution in [0.2, 0.25) is 0 Å². The van der Waals surface area contributed by atoms with Gasteiger partial charge >= 0.3 is 0 Å². The van der Waals surface area contributed by atoms with Gasteiger partial charge in [-0.2, -0.15) is 5.10 Å². The molecule has 0 aliphatic carbocycles. The van der Waals surface area contributed by atoms with E-state index in [-0.39, 0.29) is 5.78 Å². The van der Waals surface area contributed by atoms with Crippen LogP contribution in [0.5, 0.6) is 0 Å². The lowest BCUT2D eigenvalue weighted by molar-refractivity contribution is -0.118. The van der Waals surface area contributed by atoms with Crippen molar-refractivity contribution in [3.8, 4) is 17.1 Å². The first-order chi connectivity index (χ1) is 11.5. The van der Waals surface area contributed by atoms with E-state index in [1.165, 1.54) is 6.92 Å². The zero-order valence-corrected chi connectivity index (χ0v) is 14.8. The Hall–Kier alpha value is -2.32. The number of aromatic nitrogens is 5. The van der Waals surface area contributed by atoms with Crippen molar-refractivity contribution >= 4 is 21.7 Å². The Kier molecular flexibility index (Phi) is 3.40. The zero-order valence-electron chi connectivity index (χ0n) is 13.2. The van der Waals surface area contributed by atoms with Crippen molar-refractivity contribution in [1.29, 1.82) is 0 Å². The molecule has 1 unspecified atom stereocenters. The van der Waals surface area contributed by atoms with E-state index in [1.807, 2.05) is 31.5 Å². The van der Waals surface area contributed by atoms with E-state index in [0.717, 1.165) is 27.1 Å². The average molecular weight is 387 g/mol. The smallest absolute Gasteiger partial charge is 0.175 e. The molecule has 4 rings (SSSR count). The number of nitrogens with two attached hydrogens (primary N) is 1. The summed E-state index contributed by atoms with van der Waals surface area (Å²) in [6.07, 6.45) is 1.81. The fourth-order valence-corrected chi connectivity index (χ4v) is 3.24. The monoisotopic (exact) mass is 386 g/mol. The number of ketones is 1. The molecule has 1 aliphatic rings. The van der Waals surface area contributed by atoms with Crippen molar-refractivity contribution in [2.45, 2.75) is 26.4 Å². The summed E-state index contributed by atoms with van der Waals surface area (Å²) in [7, 11) is 0. The van der Waals surface area contributed by atoms with Crippen molar-refractivity contribution in [3.05, 3.63) is 46.2 Å². The number of benzene rings is 1. The molecule has 2 N–H and O–H groups in total. The Balaban J connectivity index is 1.99. The van der Waals surface area contributed by atoms with Crippen LogP contribution >= 0.6 is 15.9 Å². The third-order valence-corrected chi connectivity index (χ3v) is 4.73. The molecule has 1 aliphatic heterocycles. The number of fused-ring (bicyclic) bond motifs is 5. The van der Waals surface area contributed by atoms with E-state index < -0.39 is 6.04 Å². The minimum atomic E-state index is -0.814. The maximum atomic E-state index is 11.6. The molecule has 2 aromatic heterocycles. The number of hydrogen-bond acceptors (Lipinski definition) is 5. The van der Waals surface area contributed by atoms with Crippen LogP contribution < -0.4 is 5.73 Å². The van der Waals surface area contributed by atoms with E-state index in [4.69, 9.17) is 5.73 Å². The number of carbonyl (C=O) groups excluding carboxylic acids is 1. The van der Waals surface area contributed by atoms with Crippen LogP contribution in [0.25, 0.3) is 17.1 Å². The topological polar surface area (TPSA) is 91.6 Å². The molecule has 3 heterocycles. The maximum absolute atomic E-state index is 11.6. The quantitative estimate of drug-likeness (QED) is 0.569. The predicted octanol–water partition coefficient (Wildman–Crippen LogP) is 2.15. The van der Waals surface area contributed by atoms with Gasteiger partial charge in [0, 0.05) is 10.0 Å². The van der Waals surface area contributed by atoms with Gasteiger partial charge in [-0.05, 0) is 32.0 Å². The number of aryl methyl sites for hydroxylation is 1. The van der Waals surface area contributed by atoms with E-state index in [0.29, 0.717) is 18.2 Å². The molecular weight excluding hydrogens is 372 g/mol. The lowest BCUT2D eigenvalue weighted by Gasteiger charge is -2.09. The molecule has 0 amide bonds. The van der Waals surface area contributed by atoms with Crippen molar-refractivity contribution < 1.29 is 4.79 Å². The fourth-order valence-electron chi connectivity index (χ4n) is 2.88. The van der Waals surface area contributed by atoms with Gasteiger partial charge in [0.15, 0.2) is 17.4 Å². The van der Waals surface area contributed by atoms with Gasteiger partial charge in [-0.1, -0.05) is 15.9 Å². The van der Waals surface area contributed by atoms with Gasteiger partial charge in [-0.25, -0.2) is 14.6 Å². The summed E-state index contributed by atoms with van der Waals surface area (Å²) in [5, 5.41) is 4.48. The highest BCUT2D eigenvalue weighted by Gasteiger charge is 2.26. The van der Waals surface area contributed by atoms with Crippen LogP contribution in [0, 0.1) is 6.92 Å². The third-order valence-electron chi connectivity index (χ3n) is 4.24. The largest absolute Gasteiger partial charge is 0.315 e. The van der Waals surface area contributed by atoms with Gasteiger partial charge in [-0.3, -0.25) is 4.79 Å². The van der Waals surface area contributed by atoms with E-state index in [2.05, 4.69) is 35.6 Å². The summed E-state index contributed by atoms with van der Waals surface area (Å²) >= 11 is 3.51. The molecule has 0 spiro atoms. The minimum absolute atomic E-state index is 0.161. The SMILES string of the molecule is CC(=O)C(N)c1nc2n(n1)Cc1c(C)ncn1-c1ccc(Br)cc1-2. The van der Waals surface area contributed by atoms with Gasteiger partial charge in [0.05, 0.1) is 29.9 Å². The second kappa shape index (κ2) is 5.35. The Labute approximate surface area is 146 Å². The highest BCUT2D eigenvalue weighted by Crippen LogP contribution is 2.33. The molecule has 122 valence electrons. The lowest BCUT2D eigenvalue weighted by atomic mass is 10.1. The van der Waals surface area contributed by atoms with Gasteiger partial charge in [0.1, 0.15) is 6.04 Å². The summed E-state index contributed by atoms with van der Waals surface area (Å²) in [5.74, 6) is 0.876. The van der Waals surface area contributed by atoms with Crippen LogP contribution in [0.15, 0.2) is 29.0 Å². The summed E-state index contributed by atoms with van der Waals surface area (Å²) in [6.45, 7) is 3.93. The van der Waals surface area contributed by atoms with Crippen LogP contribution in [0.1, 0.15) is 30.2 Å². The molecule has 0 bridgehead atoms. The Bertz CT molecular complexity index is 973. The van der Waals surface area contributed by atoms with E-state index >= 15 is 0 Å². The average Bonchev–Trinajstić information content (AvgIpc) is 3.09. The number of halogens is 1. The summed E-state index contributed by atoms with van der Waals surface area (Å²) in [6, 6.07) is 5.17. The molecule has 8 heteroatoms. The van der Waals surface area contributed by atoms with Crippen molar-refractivity contribution in [1.82, 2.24) is 24.3 Å². The molecule has 0 fully saturated rings. The van der Waals surface area contributed by atoms with Gasteiger partial charge in [-0.15, -0.1) is 0 Å². The molecule has 7 nitrogen and oxygen atoms in total. The number of rotatable bonds is 2. The summed E-state index contributed by atoms with van der Waals surface area (Å²) < 4.78 is 4.78. The van der Waals surface area contributed by atoms with Crippen molar-refractivity contribution in [2.24, 2.45) is 5.73 Å². The number of imidazole rings is 1. The second-order valence-corrected chi connectivity index (χ2v) is 6.76. The molecule has 1 aromatic carbocycles. The number of Topliss-reactive ketones (excluding diaryl/α,β-unsaturated/α-hetero) is 1. The first-order valence-corrected chi connectivity index (χ1v) is 8.29. The molecule has 24 heavy (non-hydrogen) atoms. The number of carbonyl (C=O) groups is 1. The van der Waals surface area contributed by atoms with E-state index in [9.17, 15) is 4.79 Å². The molecule has 0 radical (unpaired) electrons. The molecular formula is C16H15BrN6O. The minimum Gasteiger partial charge on any atom is -0.315 e. The lowest BCUT2D eigenvalue weighted by Crippen LogP contribution is -2.20. The van der Waals surface area contributed by atoms with Gasteiger partial charge in [0.25, 0.3) is 0 Å². The molecule has 1 atom stereocenters. The molecule has 0 saturated carbocycles. The highest BCUT2D eigenvalue weighted by molar-refractivity contribution is 9.10.